The molecular formula is C15H18N4O. The fourth-order valence-electron chi connectivity index (χ4n) is 2.03. The minimum absolute atomic E-state index is 0.263. The van der Waals surface area contributed by atoms with Gasteiger partial charge in [0.25, 0.3) is 0 Å². The molecule has 5 heteroatoms. The number of oxazole rings is 1. The second-order valence-electron chi connectivity index (χ2n) is 4.56. The van der Waals surface area contributed by atoms with Crippen LogP contribution in [0.2, 0.25) is 0 Å². The molecule has 2 aromatic rings. The van der Waals surface area contributed by atoms with Gasteiger partial charge in [0, 0.05) is 24.9 Å². The number of nitrogens with zero attached hydrogens (tertiary/aromatic N) is 3. The van der Waals surface area contributed by atoms with Crippen molar-refractivity contribution in [3.8, 4) is 6.07 Å². The molecule has 0 aliphatic carbocycles. The summed E-state index contributed by atoms with van der Waals surface area (Å²) in [6.45, 7) is 4.76. The lowest BCUT2D eigenvalue weighted by molar-refractivity contribution is 0.439. The maximum absolute atomic E-state index is 9.13. The van der Waals surface area contributed by atoms with Crippen molar-refractivity contribution in [1.29, 1.82) is 5.26 Å². The first-order valence-electron chi connectivity index (χ1n) is 6.82. The van der Waals surface area contributed by atoms with Crippen molar-refractivity contribution >= 4 is 5.88 Å². The monoisotopic (exact) mass is 270 g/mol. The Bertz CT molecular complexity index is 582. The SMILES string of the molecule is CCC(CC)c1nc(C#N)c(NCc2ccncc2)o1. The average molecular weight is 270 g/mol. The molecule has 0 radical (unpaired) electrons. The molecule has 0 fully saturated rings. The van der Waals surface area contributed by atoms with Crippen LogP contribution in [-0.4, -0.2) is 9.97 Å². The lowest BCUT2D eigenvalue weighted by atomic mass is 10.0. The number of aromatic nitrogens is 2. The summed E-state index contributed by atoms with van der Waals surface area (Å²) in [6, 6.07) is 5.90. The Morgan fingerprint density at radius 2 is 2.00 bits per heavy atom. The van der Waals surface area contributed by atoms with E-state index in [1.807, 2.05) is 12.1 Å². The summed E-state index contributed by atoms with van der Waals surface area (Å²) >= 11 is 0. The zero-order valence-corrected chi connectivity index (χ0v) is 11.8. The van der Waals surface area contributed by atoms with Gasteiger partial charge in [0.1, 0.15) is 6.07 Å². The first kappa shape index (κ1) is 14.1. The van der Waals surface area contributed by atoms with E-state index in [0.29, 0.717) is 24.0 Å². The fraction of sp³-hybridized carbons (Fsp3) is 0.400. The topological polar surface area (TPSA) is 74.7 Å². The van der Waals surface area contributed by atoms with Crippen molar-refractivity contribution in [2.75, 3.05) is 5.32 Å². The molecule has 0 bridgehead atoms. The number of anilines is 1. The first-order valence-corrected chi connectivity index (χ1v) is 6.82. The van der Waals surface area contributed by atoms with Gasteiger partial charge in [-0.15, -0.1) is 0 Å². The molecule has 0 saturated heterocycles. The van der Waals surface area contributed by atoms with Crippen molar-refractivity contribution in [2.45, 2.75) is 39.2 Å². The van der Waals surface area contributed by atoms with Crippen LogP contribution in [0, 0.1) is 11.3 Å². The molecule has 2 aromatic heterocycles. The lowest BCUT2D eigenvalue weighted by Crippen LogP contribution is -1.99. The standard InChI is InChI=1S/C15H18N4O/c1-3-12(4-2)14-19-13(9-16)15(20-14)18-10-11-5-7-17-8-6-11/h5-8,12,18H,3-4,10H2,1-2H3. The van der Waals surface area contributed by atoms with Gasteiger partial charge in [-0.25, -0.2) is 4.98 Å². The van der Waals surface area contributed by atoms with Gasteiger partial charge in [0.2, 0.25) is 17.5 Å². The molecule has 0 atom stereocenters. The fourth-order valence-corrected chi connectivity index (χ4v) is 2.03. The van der Waals surface area contributed by atoms with Crippen LogP contribution in [-0.2, 0) is 6.54 Å². The van der Waals surface area contributed by atoms with Crippen LogP contribution in [0.3, 0.4) is 0 Å². The van der Waals surface area contributed by atoms with E-state index in [4.69, 9.17) is 9.68 Å². The second-order valence-corrected chi connectivity index (χ2v) is 4.56. The highest BCUT2D eigenvalue weighted by atomic mass is 16.4. The Morgan fingerprint density at radius 3 is 2.60 bits per heavy atom. The van der Waals surface area contributed by atoms with E-state index in [2.05, 4.69) is 35.2 Å². The van der Waals surface area contributed by atoms with E-state index in [0.717, 1.165) is 18.4 Å². The Morgan fingerprint density at radius 1 is 1.30 bits per heavy atom. The number of rotatable bonds is 6. The number of pyridine rings is 1. The quantitative estimate of drug-likeness (QED) is 0.870. The molecule has 2 heterocycles. The summed E-state index contributed by atoms with van der Waals surface area (Å²) in [5.74, 6) is 1.36. The third kappa shape index (κ3) is 3.15. The van der Waals surface area contributed by atoms with Crippen LogP contribution in [0.15, 0.2) is 28.9 Å². The highest BCUT2D eigenvalue weighted by molar-refractivity contribution is 5.46. The van der Waals surface area contributed by atoms with Gasteiger partial charge in [-0.2, -0.15) is 5.26 Å². The van der Waals surface area contributed by atoms with Crippen LogP contribution >= 0.6 is 0 Å². The number of nitriles is 1. The van der Waals surface area contributed by atoms with Crippen molar-refractivity contribution < 1.29 is 4.42 Å². The number of nitrogens with one attached hydrogen (secondary N) is 1. The van der Waals surface area contributed by atoms with Gasteiger partial charge in [-0.3, -0.25) is 4.98 Å². The van der Waals surface area contributed by atoms with Gasteiger partial charge in [-0.05, 0) is 30.5 Å². The van der Waals surface area contributed by atoms with Crippen LogP contribution in [0.1, 0.15) is 49.8 Å². The summed E-state index contributed by atoms with van der Waals surface area (Å²) in [6.07, 6.45) is 5.37. The maximum atomic E-state index is 9.13. The van der Waals surface area contributed by atoms with Gasteiger partial charge in [-0.1, -0.05) is 13.8 Å². The van der Waals surface area contributed by atoms with E-state index < -0.39 is 0 Å². The molecule has 0 amide bonds. The minimum Gasteiger partial charge on any atom is -0.424 e. The third-order valence-corrected chi connectivity index (χ3v) is 3.29. The van der Waals surface area contributed by atoms with Crippen molar-refractivity contribution in [2.24, 2.45) is 0 Å². The molecule has 0 aliphatic heterocycles. The van der Waals surface area contributed by atoms with Gasteiger partial charge in [0.05, 0.1) is 0 Å². The summed E-state index contributed by atoms with van der Waals surface area (Å²) in [7, 11) is 0. The summed E-state index contributed by atoms with van der Waals surface area (Å²) in [5, 5.41) is 12.3. The van der Waals surface area contributed by atoms with E-state index in [1.54, 1.807) is 12.4 Å². The Hall–Kier alpha value is -2.35. The lowest BCUT2D eigenvalue weighted by Gasteiger charge is -2.06. The summed E-state index contributed by atoms with van der Waals surface area (Å²) < 4.78 is 5.71. The first-order chi connectivity index (χ1) is 9.78. The summed E-state index contributed by atoms with van der Waals surface area (Å²) in [4.78, 5) is 8.25. The molecule has 1 N–H and O–H groups in total. The van der Waals surface area contributed by atoms with Crippen LogP contribution < -0.4 is 5.32 Å². The van der Waals surface area contributed by atoms with E-state index in [-0.39, 0.29) is 5.92 Å². The second kappa shape index (κ2) is 6.71. The van der Waals surface area contributed by atoms with E-state index in [9.17, 15) is 0 Å². The van der Waals surface area contributed by atoms with Crippen molar-refractivity contribution in [3.63, 3.8) is 0 Å². The molecule has 0 aromatic carbocycles. The maximum Gasteiger partial charge on any atom is 0.232 e. The van der Waals surface area contributed by atoms with Gasteiger partial charge < -0.3 is 9.73 Å². The summed E-state index contributed by atoms with van der Waals surface area (Å²) in [5.41, 5.74) is 1.39. The average Bonchev–Trinajstić information content (AvgIpc) is 2.91. The van der Waals surface area contributed by atoms with Gasteiger partial charge >= 0.3 is 0 Å². The number of hydrogen-bond donors (Lipinski definition) is 1. The third-order valence-electron chi connectivity index (χ3n) is 3.29. The van der Waals surface area contributed by atoms with Crippen LogP contribution in [0.4, 0.5) is 5.88 Å². The predicted molar refractivity (Wildman–Crippen MR) is 76.1 cm³/mol. The molecule has 0 spiro atoms. The van der Waals surface area contributed by atoms with Crippen LogP contribution in [0.25, 0.3) is 0 Å². The van der Waals surface area contributed by atoms with E-state index >= 15 is 0 Å². The molecular weight excluding hydrogens is 252 g/mol. The van der Waals surface area contributed by atoms with Gasteiger partial charge in [0.15, 0.2) is 0 Å². The Labute approximate surface area is 118 Å². The molecule has 0 unspecified atom stereocenters. The van der Waals surface area contributed by atoms with Crippen molar-refractivity contribution in [3.05, 3.63) is 41.7 Å². The molecule has 0 aliphatic rings. The largest absolute Gasteiger partial charge is 0.424 e. The molecule has 5 nitrogen and oxygen atoms in total. The predicted octanol–water partition coefficient (Wildman–Crippen LogP) is 3.46. The highest BCUT2D eigenvalue weighted by Crippen LogP contribution is 2.27. The Kier molecular flexibility index (Phi) is 4.72. The zero-order valence-electron chi connectivity index (χ0n) is 11.8. The molecule has 2 rings (SSSR count). The highest BCUT2D eigenvalue weighted by Gasteiger charge is 2.18. The Balaban J connectivity index is 2.13. The van der Waals surface area contributed by atoms with Crippen LogP contribution in [0.5, 0.6) is 0 Å². The zero-order chi connectivity index (χ0) is 14.4. The molecule has 0 saturated carbocycles. The van der Waals surface area contributed by atoms with E-state index in [1.165, 1.54) is 0 Å². The molecule has 20 heavy (non-hydrogen) atoms. The normalized spacial score (nSPS) is 10.5. The van der Waals surface area contributed by atoms with Crippen molar-refractivity contribution in [1.82, 2.24) is 9.97 Å². The molecule has 104 valence electrons. The smallest absolute Gasteiger partial charge is 0.232 e. The minimum atomic E-state index is 0.263. The number of hydrogen-bond acceptors (Lipinski definition) is 5.